The predicted octanol–water partition coefficient (Wildman–Crippen LogP) is 0.955. The van der Waals surface area contributed by atoms with Crippen LogP contribution in [0.4, 0.5) is 0 Å². The number of ether oxygens (including phenoxy) is 1. The number of benzene rings is 1. The Balaban J connectivity index is 1.67. The van der Waals surface area contributed by atoms with Crippen LogP contribution in [0, 0.1) is 5.92 Å². The highest BCUT2D eigenvalue weighted by molar-refractivity contribution is 5.73. The third kappa shape index (κ3) is 4.16. The number of hydrogen-bond donors (Lipinski definition) is 2. The van der Waals surface area contributed by atoms with Crippen LogP contribution in [0.15, 0.2) is 24.3 Å². The van der Waals surface area contributed by atoms with Gasteiger partial charge in [0.2, 0.25) is 5.91 Å². The van der Waals surface area contributed by atoms with Gasteiger partial charge in [0.05, 0.1) is 5.60 Å². The van der Waals surface area contributed by atoms with Crippen LogP contribution < -0.4 is 4.74 Å². The lowest BCUT2D eigenvalue weighted by Gasteiger charge is -2.50. The van der Waals surface area contributed by atoms with Gasteiger partial charge in [0.25, 0.3) is 0 Å². The molecule has 7 heteroatoms. The first-order valence-electron chi connectivity index (χ1n) is 9.00. The zero-order valence-corrected chi connectivity index (χ0v) is 15.1. The van der Waals surface area contributed by atoms with E-state index in [-0.39, 0.29) is 18.4 Å². The van der Waals surface area contributed by atoms with Crippen molar-refractivity contribution in [3.8, 4) is 5.75 Å². The van der Waals surface area contributed by atoms with Crippen molar-refractivity contribution in [2.24, 2.45) is 5.92 Å². The molecule has 0 bridgehead atoms. The molecule has 2 fully saturated rings. The summed E-state index contributed by atoms with van der Waals surface area (Å²) in [4.78, 5) is 26.5. The van der Waals surface area contributed by atoms with Crippen LogP contribution in [-0.2, 0) is 16.1 Å². The highest BCUT2D eigenvalue weighted by Gasteiger charge is 2.45. The molecule has 2 aliphatic rings. The third-order valence-electron chi connectivity index (χ3n) is 5.52. The molecular formula is C19H26N2O5. The number of carbonyl (C=O) groups excluding carboxylic acids is 1. The van der Waals surface area contributed by atoms with Crippen molar-refractivity contribution in [2.45, 2.75) is 31.9 Å². The summed E-state index contributed by atoms with van der Waals surface area (Å²) in [6.07, 6.45) is 1.31. The maximum absolute atomic E-state index is 11.7. The van der Waals surface area contributed by atoms with Gasteiger partial charge in [-0.05, 0) is 18.9 Å². The lowest BCUT2D eigenvalue weighted by atomic mass is 9.75. The number of rotatable bonds is 5. The minimum absolute atomic E-state index is 0.0287. The minimum Gasteiger partial charge on any atom is -0.482 e. The van der Waals surface area contributed by atoms with E-state index in [1.54, 1.807) is 13.0 Å². The van der Waals surface area contributed by atoms with Gasteiger partial charge in [0, 0.05) is 51.1 Å². The number of nitrogens with zero attached hydrogens (tertiary/aromatic N) is 2. The first kappa shape index (κ1) is 18.7. The Bertz CT molecular complexity index is 680. The van der Waals surface area contributed by atoms with Crippen molar-refractivity contribution in [3.05, 3.63) is 29.8 Å². The second-order valence-corrected chi connectivity index (χ2v) is 7.29. The molecule has 7 nitrogen and oxygen atoms in total. The van der Waals surface area contributed by atoms with Gasteiger partial charge in [-0.1, -0.05) is 18.2 Å². The molecule has 1 aromatic carbocycles. The highest BCUT2D eigenvalue weighted by atomic mass is 16.5. The summed E-state index contributed by atoms with van der Waals surface area (Å²) in [5, 5.41) is 19.7. The van der Waals surface area contributed by atoms with Crippen molar-refractivity contribution in [3.63, 3.8) is 0 Å². The number of carbonyl (C=O) groups is 2. The predicted molar refractivity (Wildman–Crippen MR) is 94.8 cm³/mol. The number of piperidine rings is 2. The summed E-state index contributed by atoms with van der Waals surface area (Å²) in [6.45, 7) is 4.50. The Hall–Kier alpha value is -2.12. The van der Waals surface area contributed by atoms with Crippen molar-refractivity contribution in [2.75, 3.05) is 32.8 Å². The van der Waals surface area contributed by atoms with Gasteiger partial charge in [-0.2, -0.15) is 0 Å². The number of hydrogen-bond acceptors (Lipinski definition) is 5. The standard InChI is InChI=1S/C19H26N2O5/c1-14(22)21-9-7-19(25)6-8-20(11-16(19)12-21)10-15-4-2-3-5-17(15)26-13-18(23)24/h2-5,16,25H,6-13H2,1H3,(H,23,24)/t16-,19-/m0/s1. The van der Waals surface area contributed by atoms with Crippen LogP contribution in [0.5, 0.6) is 5.75 Å². The molecule has 0 saturated carbocycles. The molecule has 1 aromatic rings. The lowest BCUT2D eigenvalue weighted by molar-refractivity contribution is -0.145. The summed E-state index contributed by atoms with van der Waals surface area (Å²) in [6, 6.07) is 7.43. The second-order valence-electron chi connectivity index (χ2n) is 7.29. The molecule has 0 aromatic heterocycles. The van der Waals surface area contributed by atoms with Gasteiger partial charge < -0.3 is 19.8 Å². The number of aliphatic hydroxyl groups is 1. The van der Waals surface area contributed by atoms with E-state index in [9.17, 15) is 14.7 Å². The molecule has 2 atom stereocenters. The van der Waals surface area contributed by atoms with E-state index < -0.39 is 11.6 Å². The molecule has 26 heavy (non-hydrogen) atoms. The van der Waals surface area contributed by atoms with Gasteiger partial charge in [0.15, 0.2) is 6.61 Å². The monoisotopic (exact) mass is 362 g/mol. The molecule has 1 amide bonds. The van der Waals surface area contributed by atoms with E-state index in [2.05, 4.69) is 4.90 Å². The van der Waals surface area contributed by atoms with Gasteiger partial charge in [-0.15, -0.1) is 0 Å². The van der Waals surface area contributed by atoms with E-state index in [1.807, 2.05) is 23.1 Å². The van der Waals surface area contributed by atoms with E-state index >= 15 is 0 Å². The van der Waals surface area contributed by atoms with Gasteiger partial charge in [-0.3, -0.25) is 9.69 Å². The number of carboxylic acid groups (broad SMARTS) is 1. The lowest BCUT2D eigenvalue weighted by Crippen LogP contribution is -2.60. The quantitative estimate of drug-likeness (QED) is 0.811. The molecule has 0 aliphatic carbocycles. The Kier molecular flexibility index (Phi) is 5.48. The number of amides is 1. The molecule has 3 rings (SSSR count). The maximum Gasteiger partial charge on any atom is 0.341 e. The SMILES string of the molecule is CC(=O)N1CC[C@@]2(O)CCN(Cc3ccccc3OCC(=O)O)C[C@H]2C1. The van der Waals surface area contributed by atoms with Crippen LogP contribution in [-0.4, -0.2) is 70.3 Å². The molecule has 2 aliphatic heterocycles. The minimum atomic E-state index is -1.01. The Labute approximate surface area is 153 Å². The van der Waals surface area contributed by atoms with Gasteiger partial charge in [-0.25, -0.2) is 4.79 Å². The maximum atomic E-state index is 11.7. The van der Waals surface area contributed by atoms with Crippen LogP contribution in [0.2, 0.25) is 0 Å². The van der Waals surface area contributed by atoms with Crippen molar-refractivity contribution in [1.29, 1.82) is 0 Å². The van der Waals surface area contributed by atoms with E-state index in [0.29, 0.717) is 44.8 Å². The second kappa shape index (κ2) is 7.63. The number of fused-ring (bicyclic) bond motifs is 1. The Morgan fingerprint density at radius 2 is 1.96 bits per heavy atom. The average molecular weight is 362 g/mol. The number of aliphatic carboxylic acids is 1. The Morgan fingerprint density at radius 1 is 1.23 bits per heavy atom. The smallest absolute Gasteiger partial charge is 0.341 e. The number of likely N-dealkylation sites (tertiary alicyclic amines) is 2. The fourth-order valence-electron chi connectivity index (χ4n) is 3.96. The zero-order chi connectivity index (χ0) is 18.7. The first-order valence-corrected chi connectivity index (χ1v) is 9.00. The van der Waals surface area contributed by atoms with Gasteiger partial charge >= 0.3 is 5.97 Å². The van der Waals surface area contributed by atoms with Crippen LogP contribution >= 0.6 is 0 Å². The van der Waals surface area contributed by atoms with Crippen molar-refractivity contribution >= 4 is 11.9 Å². The molecule has 2 saturated heterocycles. The molecule has 0 spiro atoms. The number of para-hydroxylation sites is 1. The molecule has 0 radical (unpaired) electrons. The van der Waals surface area contributed by atoms with Crippen molar-refractivity contribution in [1.82, 2.24) is 9.80 Å². The zero-order valence-electron chi connectivity index (χ0n) is 15.1. The number of carboxylic acids is 1. The molecule has 142 valence electrons. The average Bonchev–Trinajstić information content (AvgIpc) is 2.60. The van der Waals surface area contributed by atoms with E-state index in [1.165, 1.54) is 0 Å². The molecule has 2 N–H and O–H groups in total. The largest absolute Gasteiger partial charge is 0.482 e. The van der Waals surface area contributed by atoms with Crippen LogP contribution in [0.25, 0.3) is 0 Å². The summed E-state index contributed by atoms with van der Waals surface area (Å²) in [5.41, 5.74) is 0.236. The van der Waals surface area contributed by atoms with E-state index in [4.69, 9.17) is 9.84 Å². The van der Waals surface area contributed by atoms with Gasteiger partial charge in [0.1, 0.15) is 5.75 Å². The fraction of sp³-hybridized carbons (Fsp3) is 0.579. The normalized spacial score (nSPS) is 26.2. The van der Waals surface area contributed by atoms with Crippen LogP contribution in [0.3, 0.4) is 0 Å². The van der Waals surface area contributed by atoms with E-state index in [0.717, 1.165) is 12.1 Å². The molecule has 2 heterocycles. The topological polar surface area (TPSA) is 90.3 Å². The summed E-state index contributed by atoms with van der Waals surface area (Å²) < 4.78 is 5.39. The molecule has 0 unspecified atom stereocenters. The third-order valence-corrected chi connectivity index (χ3v) is 5.52. The summed E-state index contributed by atoms with van der Waals surface area (Å²) in [7, 11) is 0. The first-order chi connectivity index (χ1) is 12.4. The summed E-state index contributed by atoms with van der Waals surface area (Å²) in [5.74, 6) is -0.350. The highest BCUT2D eigenvalue weighted by Crippen LogP contribution is 2.36. The summed E-state index contributed by atoms with van der Waals surface area (Å²) >= 11 is 0. The van der Waals surface area contributed by atoms with Crippen molar-refractivity contribution < 1.29 is 24.5 Å². The fourth-order valence-corrected chi connectivity index (χ4v) is 3.96. The molecular weight excluding hydrogens is 336 g/mol. The Morgan fingerprint density at radius 3 is 2.69 bits per heavy atom. The van der Waals surface area contributed by atoms with Crippen LogP contribution in [0.1, 0.15) is 25.3 Å².